The molecule has 3 N–H and O–H groups in total. The number of nitrogens with two attached hydrogens (primary N) is 1. The van der Waals surface area contributed by atoms with Crippen molar-refractivity contribution < 1.29 is 14.3 Å². The molecular weight excluding hydrogens is 318 g/mol. The number of nitrogens with one attached hydrogen (secondary N) is 1. The number of fused-ring (bicyclic) bond motifs is 1. The van der Waals surface area contributed by atoms with Gasteiger partial charge in [0.1, 0.15) is 11.5 Å². The van der Waals surface area contributed by atoms with Gasteiger partial charge in [-0.1, -0.05) is 0 Å². The van der Waals surface area contributed by atoms with Crippen LogP contribution in [0.2, 0.25) is 0 Å². The fraction of sp³-hybridized carbons (Fsp3) is 0.474. The Morgan fingerprint density at radius 2 is 2.24 bits per heavy atom. The predicted octanol–water partition coefficient (Wildman–Crippen LogP) is 2.50. The van der Waals surface area contributed by atoms with E-state index in [0.717, 1.165) is 24.2 Å². The summed E-state index contributed by atoms with van der Waals surface area (Å²) in [5.41, 5.74) is 6.50. The molecule has 25 heavy (non-hydrogen) atoms. The number of benzene rings is 1. The molecule has 1 saturated heterocycles. The summed E-state index contributed by atoms with van der Waals surface area (Å²) < 4.78 is 11.8. The molecule has 1 aromatic heterocycles. The van der Waals surface area contributed by atoms with Crippen molar-refractivity contribution in [3.8, 4) is 11.5 Å². The Morgan fingerprint density at radius 3 is 2.92 bits per heavy atom. The third-order valence-electron chi connectivity index (χ3n) is 4.30. The summed E-state index contributed by atoms with van der Waals surface area (Å²) in [5, 5.41) is 4.22. The minimum atomic E-state index is -0.529. The molecule has 1 amide bonds. The Kier molecular flexibility index (Phi) is 5.38. The Morgan fingerprint density at radius 1 is 1.40 bits per heavy atom. The Balaban J connectivity index is 1.91. The average molecular weight is 343 g/mol. The van der Waals surface area contributed by atoms with E-state index in [4.69, 9.17) is 15.2 Å². The van der Waals surface area contributed by atoms with Gasteiger partial charge in [0.2, 0.25) is 0 Å². The van der Waals surface area contributed by atoms with Crippen LogP contribution in [0.25, 0.3) is 10.9 Å². The monoisotopic (exact) mass is 343 g/mol. The smallest absolute Gasteiger partial charge is 0.252 e. The molecule has 2 heterocycles. The zero-order valence-corrected chi connectivity index (χ0v) is 14.7. The summed E-state index contributed by atoms with van der Waals surface area (Å²) in [4.78, 5) is 16.1. The number of aromatic nitrogens is 1. The molecule has 0 bridgehead atoms. The molecule has 1 aliphatic heterocycles. The van der Waals surface area contributed by atoms with Crippen molar-refractivity contribution in [1.29, 1.82) is 0 Å². The third kappa shape index (κ3) is 4.20. The van der Waals surface area contributed by atoms with Crippen LogP contribution >= 0.6 is 0 Å². The van der Waals surface area contributed by atoms with Crippen molar-refractivity contribution in [2.75, 3.05) is 19.7 Å². The molecule has 1 aliphatic rings. The number of hydrogen-bond acceptors (Lipinski definition) is 5. The number of piperidine rings is 1. The van der Waals surface area contributed by atoms with Gasteiger partial charge in [0.15, 0.2) is 0 Å². The van der Waals surface area contributed by atoms with Gasteiger partial charge < -0.3 is 20.5 Å². The van der Waals surface area contributed by atoms with Crippen LogP contribution < -0.4 is 20.5 Å². The fourth-order valence-electron chi connectivity index (χ4n) is 3.09. The summed E-state index contributed by atoms with van der Waals surface area (Å²) in [6.07, 6.45) is 3.97. The first-order valence-electron chi connectivity index (χ1n) is 8.77. The first-order chi connectivity index (χ1) is 12.0. The van der Waals surface area contributed by atoms with Crippen LogP contribution in [0, 0.1) is 5.92 Å². The Bertz CT molecular complexity index is 755. The number of carbonyl (C=O) groups excluding carboxylic acids is 1. The Labute approximate surface area is 147 Å². The molecule has 0 saturated carbocycles. The van der Waals surface area contributed by atoms with Gasteiger partial charge in [0.25, 0.3) is 5.91 Å². The second-order valence-electron chi connectivity index (χ2n) is 6.73. The minimum absolute atomic E-state index is 0.0649. The van der Waals surface area contributed by atoms with Crippen molar-refractivity contribution in [2.45, 2.75) is 32.8 Å². The van der Waals surface area contributed by atoms with E-state index in [0.29, 0.717) is 29.4 Å². The molecule has 1 unspecified atom stereocenters. The second-order valence-corrected chi connectivity index (χ2v) is 6.73. The molecule has 1 fully saturated rings. The molecule has 6 nitrogen and oxygen atoms in total. The van der Waals surface area contributed by atoms with Gasteiger partial charge in [-0.05, 0) is 51.4 Å². The standard InChI is InChI=1S/C19H25N3O3/c1-12(2)25-18-9-14-16(8-15(18)19(20)23)22-7-5-17(14)24-11-13-4-3-6-21-10-13/h5,7-9,12-13,21H,3-4,6,10-11H2,1-2H3,(H2,20,23). The largest absolute Gasteiger partial charge is 0.492 e. The highest BCUT2D eigenvalue weighted by atomic mass is 16.5. The maximum atomic E-state index is 11.7. The highest BCUT2D eigenvalue weighted by Gasteiger charge is 2.17. The van der Waals surface area contributed by atoms with Gasteiger partial charge in [-0.25, -0.2) is 0 Å². The third-order valence-corrected chi connectivity index (χ3v) is 4.30. The molecule has 1 atom stereocenters. The Hall–Kier alpha value is -2.34. The summed E-state index contributed by atoms with van der Waals surface area (Å²) in [6.45, 7) is 6.54. The zero-order chi connectivity index (χ0) is 17.8. The van der Waals surface area contributed by atoms with Crippen LogP contribution in [0.1, 0.15) is 37.0 Å². The maximum absolute atomic E-state index is 11.7. The van der Waals surface area contributed by atoms with Crippen molar-refractivity contribution in [1.82, 2.24) is 10.3 Å². The van der Waals surface area contributed by atoms with Gasteiger partial charge in [0, 0.05) is 24.0 Å². The molecule has 3 rings (SSSR count). The van der Waals surface area contributed by atoms with Crippen LogP contribution in [0.4, 0.5) is 0 Å². The molecular formula is C19H25N3O3. The summed E-state index contributed by atoms with van der Waals surface area (Å²) in [6, 6.07) is 5.32. The van der Waals surface area contributed by atoms with Crippen LogP contribution in [-0.2, 0) is 0 Å². The lowest BCUT2D eigenvalue weighted by molar-refractivity contribution is 0.0994. The quantitative estimate of drug-likeness (QED) is 0.841. The van der Waals surface area contributed by atoms with Gasteiger partial charge in [0.05, 0.1) is 23.8 Å². The average Bonchev–Trinajstić information content (AvgIpc) is 2.59. The van der Waals surface area contributed by atoms with Crippen LogP contribution in [0.3, 0.4) is 0 Å². The topological polar surface area (TPSA) is 86.5 Å². The predicted molar refractivity (Wildman–Crippen MR) is 97.1 cm³/mol. The van der Waals surface area contributed by atoms with Crippen LogP contribution in [-0.4, -0.2) is 36.7 Å². The van der Waals surface area contributed by atoms with Crippen LogP contribution in [0.15, 0.2) is 24.4 Å². The van der Waals surface area contributed by atoms with E-state index >= 15 is 0 Å². The number of nitrogens with zero attached hydrogens (tertiary/aromatic N) is 1. The zero-order valence-electron chi connectivity index (χ0n) is 14.7. The van der Waals surface area contributed by atoms with Crippen molar-refractivity contribution in [3.05, 3.63) is 30.0 Å². The number of carbonyl (C=O) groups is 1. The number of amides is 1. The molecule has 0 aliphatic carbocycles. The lowest BCUT2D eigenvalue weighted by atomic mass is 10.0. The molecule has 0 radical (unpaired) electrons. The van der Waals surface area contributed by atoms with E-state index in [1.54, 1.807) is 18.3 Å². The lowest BCUT2D eigenvalue weighted by Gasteiger charge is -2.23. The fourth-order valence-corrected chi connectivity index (χ4v) is 3.09. The number of pyridine rings is 1. The SMILES string of the molecule is CC(C)Oc1cc2c(OCC3CCCNC3)ccnc2cc1C(N)=O. The summed E-state index contributed by atoms with van der Waals surface area (Å²) in [7, 11) is 0. The second kappa shape index (κ2) is 7.70. The van der Waals surface area contributed by atoms with E-state index in [-0.39, 0.29) is 6.10 Å². The molecule has 6 heteroatoms. The summed E-state index contributed by atoms with van der Waals surface area (Å²) >= 11 is 0. The lowest BCUT2D eigenvalue weighted by Crippen LogP contribution is -2.33. The number of hydrogen-bond donors (Lipinski definition) is 2. The van der Waals surface area contributed by atoms with Crippen molar-refractivity contribution in [3.63, 3.8) is 0 Å². The maximum Gasteiger partial charge on any atom is 0.252 e. The van der Waals surface area contributed by atoms with Gasteiger partial charge in [-0.3, -0.25) is 9.78 Å². The van der Waals surface area contributed by atoms with E-state index in [2.05, 4.69) is 10.3 Å². The molecule has 134 valence electrons. The van der Waals surface area contributed by atoms with E-state index in [1.165, 1.54) is 12.8 Å². The highest BCUT2D eigenvalue weighted by Crippen LogP contribution is 2.32. The minimum Gasteiger partial charge on any atom is -0.492 e. The van der Waals surface area contributed by atoms with Crippen molar-refractivity contribution in [2.24, 2.45) is 11.7 Å². The first kappa shape index (κ1) is 17.5. The van der Waals surface area contributed by atoms with Gasteiger partial charge >= 0.3 is 0 Å². The van der Waals surface area contributed by atoms with E-state index in [1.807, 2.05) is 19.9 Å². The van der Waals surface area contributed by atoms with E-state index < -0.39 is 5.91 Å². The number of primary amides is 1. The summed E-state index contributed by atoms with van der Waals surface area (Å²) in [5.74, 6) is 1.19. The molecule has 2 aromatic rings. The van der Waals surface area contributed by atoms with Crippen molar-refractivity contribution >= 4 is 16.8 Å². The van der Waals surface area contributed by atoms with E-state index in [9.17, 15) is 4.79 Å². The number of ether oxygens (including phenoxy) is 2. The molecule has 1 aromatic carbocycles. The van der Waals surface area contributed by atoms with Crippen LogP contribution in [0.5, 0.6) is 11.5 Å². The van der Waals surface area contributed by atoms with Gasteiger partial charge in [-0.15, -0.1) is 0 Å². The highest BCUT2D eigenvalue weighted by molar-refractivity contribution is 6.01. The molecule has 0 spiro atoms. The number of rotatable bonds is 6. The van der Waals surface area contributed by atoms with Gasteiger partial charge in [-0.2, -0.15) is 0 Å². The first-order valence-corrected chi connectivity index (χ1v) is 8.77. The normalized spacial score (nSPS) is 17.6.